The quantitative estimate of drug-likeness (QED) is 0.464. The molecule has 0 heterocycles. The molecule has 0 spiro atoms. The Kier molecular flexibility index (Phi) is 5.72. The molecule has 0 aromatic heterocycles. The summed E-state index contributed by atoms with van der Waals surface area (Å²) in [4.78, 5) is 10.4. The minimum Gasteiger partial charge on any atom is -0.382 e. The van der Waals surface area contributed by atoms with Crippen LogP contribution in [0.15, 0.2) is 18.2 Å². The number of nitro benzene ring substituents is 1. The molecule has 1 N–H and O–H groups in total. The molecule has 5 nitrogen and oxygen atoms in total. The molecule has 17 heavy (non-hydrogen) atoms. The zero-order valence-corrected chi connectivity index (χ0v) is 10.4. The van der Waals surface area contributed by atoms with Gasteiger partial charge in [0.2, 0.25) is 0 Å². The van der Waals surface area contributed by atoms with Crippen LogP contribution in [0.4, 0.5) is 11.4 Å². The number of nitrogens with zero attached hydrogens (tertiary/aromatic N) is 1. The van der Waals surface area contributed by atoms with Crippen LogP contribution in [0.3, 0.4) is 0 Å². The molecule has 1 aromatic rings. The van der Waals surface area contributed by atoms with E-state index in [4.69, 9.17) is 16.3 Å². The summed E-state index contributed by atoms with van der Waals surface area (Å²) in [5.74, 6) is 0. The second kappa shape index (κ2) is 7.09. The van der Waals surface area contributed by atoms with E-state index in [0.717, 1.165) is 6.42 Å². The molecule has 1 rings (SSSR count). The van der Waals surface area contributed by atoms with E-state index in [9.17, 15) is 10.1 Å². The molecular weight excluding hydrogens is 244 g/mol. The molecule has 94 valence electrons. The van der Waals surface area contributed by atoms with E-state index in [2.05, 4.69) is 5.32 Å². The topological polar surface area (TPSA) is 64.4 Å². The lowest BCUT2D eigenvalue weighted by molar-refractivity contribution is -0.383. The molecular formula is C11H15ClN2O3. The fourth-order valence-electron chi connectivity index (χ4n) is 1.39. The maximum Gasteiger partial charge on any atom is 0.310 e. The number of para-hydroxylation sites is 1. The van der Waals surface area contributed by atoms with Gasteiger partial charge < -0.3 is 10.1 Å². The average molecular weight is 259 g/mol. The SMILES string of the molecule is CCOCCCNc1cccc(Cl)c1[N+](=O)[O-]. The van der Waals surface area contributed by atoms with Crippen molar-refractivity contribution in [3.63, 3.8) is 0 Å². The number of ether oxygens (including phenoxy) is 1. The van der Waals surface area contributed by atoms with Crippen LogP contribution < -0.4 is 5.32 Å². The van der Waals surface area contributed by atoms with Crippen molar-refractivity contribution in [2.24, 2.45) is 0 Å². The van der Waals surface area contributed by atoms with Crippen molar-refractivity contribution < 1.29 is 9.66 Å². The molecule has 0 aliphatic heterocycles. The van der Waals surface area contributed by atoms with E-state index in [1.807, 2.05) is 6.92 Å². The first kappa shape index (κ1) is 13.7. The van der Waals surface area contributed by atoms with Gasteiger partial charge in [-0.05, 0) is 25.5 Å². The minimum absolute atomic E-state index is 0.0782. The van der Waals surface area contributed by atoms with Crippen molar-refractivity contribution in [2.75, 3.05) is 25.1 Å². The van der Waals surface area contributed by atoms with Crippen molar-refractivity contribution in [3.05, 3.63) is 33.3 Å². The summed E-state index contributed by atoms with van der Waals surface area (Å²) in [5.41, 5.74) is 0.365. The lowest BCUT2D eigenvalue weighted by Crippen LogP contribution is -2.07. The zero-order valence-electron chi connectivity index (χ0n) is 9.61. The maximum absolute atomic E-state index is 10.8. The fourth-order valence-corrected chi connectivity index (χ4v) is 1.63. The Morgan fingerprint density at radius 3 is 2.94 bits per heavy atom. The van der Waals surface area contributed by atoms with Crippen molar-refractivity contribution in [3.8, 4) is 0 Å². The average Bonchev–Trinajstić information content (AvgIpc) is 2.28. The van der Waals surface area contributed by atoms with Crippen molar-refractivity contribution in [1.82, 2.24) is 0 Å². The number of nitro groups is 1. The minimum atomic E-state index is -0.479. The van der Waals surface area contributed by atoms with E-state index in [1.54, 1.807) is 12.1 Å². The number of hydrogen-bond donors (Lipinski definition) is 1. The second-order valence-electron chi connectivity index (χ2n) is 3.37. The number of rotatable bonds is 7. The Balaban J connectivity index is 2.58. The number of nitrogens with one attached hydrogen (secondary N) is 1. The van der Waals surface area contributed by atoms with E-state index < -0.39 is 4.92 Å². The third kappa shape index (κ3) is 4.20. The molecule has 1 aromatic carbocycles. The summed E-state index contributed by atoms with van der Waals surface area (Å²) in [6, 6.07) is 4.83. The molecule has 0 aliphatic rings. The number of halogens is 1. The van der Waals surface area contributed by atoms with Gasteiger partial charge in [0, 0.05) is 19.8 Å². The van der Waals surface area contributed by atoms with Crippen molar-refractivity contribution >= 4 is 23.0 Å². The molecule has 0 saturated carbocycles. The van der Waals surface area contributed by atoms with E-state index >= 15 is 0 Å². The summed E-state index contributed by atoms with van der Waals surface area (Å²) < 4.78 is 5.17. The van der Waals surface area contributed by atoms with Gasteiger partial charge in [-0.25, -0.2) is 0 Å². The molecule has 0 bridgehead atoms. The van der Waals surface area contributed by atoms with E-state index in [0.29, 0.717) is 25.4 Å². The second-order valence-corrected chi connectivity index (χ2v) is 3.78. The van der Waals surface area contributed by atoms with Crippen molar-refractivity contribution in [2.45, 2.75) is 13.3 Å². The van der Waals surface area contributed by atoms with Gasteiger partial charge in [0.05, 0.1) is 4.92 Å². The Labute approximate surface area is 105 Å². The Bertz CT molecular complexity index is 385. The summed E-state index contributed by atoms with van der Waals surface area (Å²) in [6.07, 6.45) is 0.789. The predicted molar refractivity (Wildman–Crippen MR) is 67.7 cm³/mol. The van der Waals surface area contributed by atoms with Gasteiger partial charge in [-0.15, -0.1) is 0 Å². The molecule has 0 atom stereocenters. The third-order valence-electron chi connectivity index (χ3n) is 2.15. The smallest absolute Gasteiger partial charge is 0.310 e. The van der Waals surface area contributed by atoms with Gasteiger partial charge in [-0.1, -0.05) is 17.7 Å². The molecule has 0 unspecified atom stereocenters. The van der Waals surface area contributed by atoms with Crippen LogP contribution in [-0.2, 0) is 4.74 Å². The van der Waals surface area contributed by atoms with Crippen LogP contribution in [-0.4, -0.2) is 24.7 Å². The Morgan fingerprint density at radius 2 is 2.29 bits per heavy atom. The number of anilines is 1. The van der Waals surface area contributed by atoms with Crippen LogP contribution >= 0.6 is 11.6 Å². The lowest BCUT2D eigenvalue weighted by atomic mass is 10.2. The Hall–Kier alpha value is -1.33. The molecule has 0 fully saturated rings. The van der Waals surface area contributed by atoms with Crippen LogP contribution in [0.25, 0.3) is 0 Å². The molecule has 0 saturated heterocycles. The van der Waals surface area contributed by atoms with Gasteiger partial charge in [0.1, 0.15) is 10.7 Å². The normalized spacial score (nSPS) is 10.2. The number of benzene rings is 1. The van der Waals surface area contributed by atoms with E-state index in [1.165, 1.54) is 6.07 Å². The lowest BCUT2D eigenvalue weighted by Gasteiger charge is -2.07. The first-order valence-electron chi connectivity index (χ1n) is 5.41. The third-order valence-corrected chi connectivity index (χ3v) is 2.46. The highest BCUT2D eigenvalue weighted by Gasteiger charge is 2.17. The molecule has 0 radical (unpaired) electrons. The summed E-state index contributed by atoms with van der Waals surface area (Å²) in [7, 11) is 0. The van der Waals surface area contributed by atoms with Gasteiger partial charge >= 0.3 is 5.69 Å². The van der Waals surface area contributed by atoms with E-state index in [-0.39, 0.29) is 10.7 Å². The van der Waals surface area contributed by atoms with Gasteiger partial charge in [-0.3, -0.25) is 10.1 Å². The largest absolute Gasteiger partial charge is 0.382 e. The zero-order chi connectivity index (χ0) is 12.7. The van der Waals surface area contributed by atoms with Crippen LogP contribution in [0.2, 0.25) is 5.02 Å². The van der Waals surface area contributed by atoms with Gasteiger partial charge in [-0.2, -0.15) is 0 Å². The monoisotopic (exact) mass is 258 g/mol. The predicted octanol–water partition coefficient (Wildman–Crippen LogP) is 3.09. The Morgan fingerprint density at radius 1 is 1.53 bits per heavy atom. The molecule has 0 amide bonds. The van der Waals surface area contributed by atoms with Crippen molar-refractivity contribution in [1.29, 1.82) is 0 Å². The standard InChI is InChI=1S/C11H15ClN2O3/c1-2-17-8-4-7-13-10-6-3-5-9(12)11(10)14(15)16/h3,5-6,13H,2,4,7-8H2,1H3. The highest BCUT2D eigenvalue weighted by Crippen LogP contribution is 2.31. The van der Waals surface area contributed by atoms with Gasteiger partial charge in [0.15, 0.2) is 0 Å². The first-order chi connectivity index (χ1) is 8.16. The first-order valence-corrected chi connectivity index (χ1v) is 5.79. The van der Waals surface area contributed by atoms with Crippen LogP contribution in [0, 0.1) is 10.1 Å². The summed E-state index contributed by atoms with van der Waals surface area (Å²) in [5, 5.41) is 14.0. The van der Waals surface area contributed by atoms with Crippen LogP contribution in [0.1, 0.15) is 13.3 Å². The molecule has 6 heteroatoms. The highest BCUT2D eigenvalue weighted by atomic mass is 35.5. The summed E-state index contributed by atoms with van der Waals surface area (Å²) in [6.45, 7) is 3.85. The molecule has 0 aliphatic carbocycles. The number of hydrogen-bond acceptors (Lipinski definition) is 4. The van der Waals surface area contributed by atoms with Crippen LogP contribution in [0.5, 0.6) is 0 Å². The summed E-state index contributed by atoms with van der Waals surface area (Å²) >= 11 is 5.78. The fraction of sp³-hybridized carbons (Fsp3) is 0.455. The maximum atomic E-state index is 10.8. The highest BCUT2D eigenvalue weighted by molar-refractivity contribution is 6.33. The van der Waals surface area contributed by atoms with Gasteiger partial charge in [0.25, 0.3) is 0 Å².